The summed E-state index contributed by atoms with van der Waals surface area (Å²) in [5, 5.41) is 0. The quantitative estimate of drug-likeness (QED) is 0.611. The number of esters is 1. The Morgan fingerprint density at radius 3 is 2.35 bits per heavy atom. The summed E-state index contributed by atoms with van der Waals surface area (Å²) in [5.41, 5.74) is 4.94. The SMILES string of the molecule is C=Cc1ccc(C(=O)OCC(=O)c2cc(C)cc(C)c2C)cc1. The molecule has 0 saturated heterocycles. The fourth-order valence-corrected chi connectivity index (χ4v) is 2.38. The van der Waals surface area contributed by atoms with Crippen LogP contribution in [0.5, 0.6) is 0 Å². The Morgan fingerprint density at radius 1 is 1.09 bits per heavy atom. The van der Waals surface area contributed by atoms with Crippen molar-refractivity contribution >= 4 is 17.8 Å². The van der Waals surface area contributed by atoms with E-state index in [1.165, 1.54) is 0 Å². The smallest absolute Gasteiger partial charge is 0.338 e. The monoisotopic (exact) mass is 308 g/mol. The van der Waals surface area contributed by atoms with Crippen LogP contribution in [0.4, 0.5) is 0 Å². The van der Waals surface area contributed by atoms with Crippen LogP contribution in [0.2, 0.25) is 0 Å². The fraction of sp³-hybridized carbons (Fsp3) is 0.200. The lowest BCUT2D eigenvalue weighted by molar-refractivity contribution is 0.0474. The van der Waals surface area contributed by atoms with Gasteiger partial charge in [0.05, 0.1) is 5.56 Å². The summed E-state index contributed by atoms with van der Waals surface area (Å²) in [7, 11) is 0. The Bertz CT molecular complexity index is 755. The van der Waals surface area contributed by atoms with Gasteiger partial charge in [-0.2, -0.15) is 0 Å². The Hall–Kier alpha value is -2.68. The summed E-state index contributed by atoms with van der Waals surface area (Å²) < 4.78 is 5.14. The molecule has 0 aliphatic rings. The van der Waals surface area contributed by atoms with Crippen molar-refractivity contribution in [3.05, 3.63) is 76.4 Å². The highest BCUT2D eigenvalue weighted by atomic mass is 16.5. The lowest BCUT2D eigenvalue weighted by Gasteiger charge is -2.10. The third kappa shape index (κ3) is 3.95. The number of carbonyl (C=O) groups is 2. The average molecular weight is 308 g/mol. The zero-order valence-corrected chi connectivity index (χ0v) is 13.7. The molecular weight excluding hydrogens is 288 g/mol. The predicted molar refractivity (Wildman–Crippen MR) is 91.8 cm³/mol. The third-order valence-electron chi connectivity index (χ3n) is 3.83. The molecule has 3 nitrogen and oxygen atoms in total. The van der Waals surface area contributed by atoms with Crippen LogP contribution in [0.15, 0.2) is 43.0 Å². The zero-order valence-electron chi connectivity index (χ0n) is 13.7. The highest BCUT2D eigenvalue weighted by Gasteiger charge is 2.15. The predicted octanol–water partition coefficient (Wildman–Crippen LogP) is 4.29. The van der Waals surface area contributed by atoms with Gasteiger partial charge in [0, 0.05) is 5.56 Å². The number of hydrogen-bond donors (Lipinski definition) is 0. The first kappa shape index (κ1) is 16.7. The van der Waals surface area contributed by atoms with Gasteiger partial charge in [0.25, 0.3) is 0 Å². The summed E-state index contributed by atoms with van der Waals surface area (Å²) in [6.07, 6.45) is 1.70. The van der Waals surface area contributed by atoms with Gasteiger partial charge in [-0.25, -0.2) is 4.79 Å². The molecule has 0 aromatic heterocycles. The Balaban J connectivity index is 2.06. The molecule has 0 N–H and O–H groups in total. The number of hydrogen-bond acceptors (Lipinski definition) is 3. The number of rotatable bonds is 5. The van der Waals surface area contributed by atoms with E-state index in [9.17, 15) is 9.59 Å². The third-order valence-corrected chi connectivity index (χ3v) is 3.83. The molecule has 0 amide bonds. The van der Waals surface area contributed by atoms with E-state index in [4.69, 9.17) is 4.74 Å². The van der Waals surface area contributed by atoms with Crippen molar-refractivity contribution in [2.45, 2.75) is 20.8 Å². The molecule has 0 atom stereocenters. The molecule has 0 unspecified atom stereocenters. The van der Waals surface area contributed by atoms with E-state index >= 15 is 0 Å². The summed E-state index contributed by atoms with van der Waals surface area (Å²) in [5.74, 6) is -0.693. The maximum absolute atomic E-state index is 12.3. The van der Waals surface area contributed by atoms with E-state index in [2.05, 4.69) is 6.58 Å². The van der Waals surface area contributed by atoms with E-state index in [1.807, 2.05) is 32.9 Å². The van der Waals surface area contributed by atoms with Gasteiger partial charge in [-0.1, -0.05) is 36.4 Å². The summed E-state index contributed by atoms with van der Waals surface area (Å²) in [6.45, 7) is 9.21. The molecule has 0 heterocycles. The van der Waals surface area contributed by atoms with Gasteiger partial charge < -0.3 is 4.74 Å². The van der Waals surface area contributed by atoms with Crippen LogP contribution in [0.1, 0.15) is 43.0 Å². The fourth-order valence-electron chi connectivity index (χ4n) is 2.38. The highest BCUT2D eigenvalue weighted by molar-refractivity contribution is 6.00. The van der Waals surface area contributed by atoms with Crippen molar-refractivity contribution < 1.29 is 14.3 Å². The van der Waals surface area contributed by atoms with Gasteiger partial charge in [-0.3, -0.25) is 4.79 Å². The Morgan fingerprint density at radius 2 is 1.74 bits per heavy atom. The second kappa shape index (κ2) is 7.05. The van der Waals surface area contributed by atoms with E-state index in [1.54, 1.807) is 30.3 Å². The molecular formula is C20H20O3. The lowest BCUT2D eigenvalue weighted by atomic mass is 9.97. The van der Waals surface area contributed by atoms with Crippen LogP contribution in [-0.4, -0.2) is 18.4 Å². The summed E-state index contributed by atoms with van der Waals surface area (Å²) in [4.78, 5) is 24.3. The zero-order chi connectivity index (χ0) is 17.0. The molecule has 0 spiro atoms. The average Bonchev–Trinajstić information content (AvgIpc) is 2.55. The maximum atomic E-state index is 12.3. The van der Waals surface area contributed by atoms with Crippen molar-refractivity contribution in [3.8, 4) is 0 Å². The van der Waals surface area contributed by atoms with Gasteiger partial charge in [0.15, 0.2) is 6.61 Å². The number of ketones is 1. The van der Waals surface area contributed by atoms with Gasteiger partial charge in [-0.05, 0) is 55.7 Å². The number of Topliss-reactive ketones (excluding diaryl/α,β-unsaturated/α-hetero) is 1. The maximum Gasteiger partial charge on any atom is 0.338 e. The first-order valence-corrected chi connectivity index (χ1v) is 7.43. The van der Waals surface area contributed by atoms with Crippen LogP contribution >= 0.6 is 0 Å². The first-order chi connectivity index (χ1) is 10.9. The minimum atomic E-state index is -0.504. The van der Waals surface area contributed by atoms with Crippen molar-refractivity contribution in [2.75, 3.05) is 6.61 Å². The van der Waals surface area contributed by atoms with Crippen molar-refractivity contribution in [3.63, 3.8) is 0 Å². The van der Waals surface area contributed by atoms with E-state index in [0.717, 1.165) is 22.3 Å². The largest absolute Gasteiger partial charge is 0.454 e. The molecule has 0 aliphatic carbocycles. The van der Waals surface area contributed by atoms with Crippen molar-refractivity contribution in [1.82, 2.24) is 0 Å². The van der Waals surface area contributed by atoms with Crippen LogP contribution < -0.4 is 0 Å². The van der Waals surface area contributed by atoms with Crippen molar-refractivity contribution in [1.29, 1.82) is 0 Å². The van der Waals surface area contributed by atoms with Crippen LogP contribution in [-0.2, 0) is 4.74 Å². The van der Waals surface area contributed by atoms with Gasteiger partial charge in [0.2, 0.25) is 5.78 Å². The Labute approximate surface area is 136 Å². The van der Waals surface area contributed by atoms with E-state index in [0.29, 0.717) is 11.1 Å². The van der Waals surface area contributed by atoms with Gasteiger partial charge >= 0.3 is 5.97 Å². The molecule has 0 aliphatic heterocycles. The summed E-state index contributed by atoms with van der Waals surface area (Å²) >= 11 is 0. The van der Waals surface area contributed by atoms with Crippen LogP contribution in [0, 0.1) is 20.8 Å². The molecule has 0 fully saturated rings. The molecule has 23 heavy (non-hydrogen) atoms. The molecule has 2 rings (SSSR count). The number of benzene rings is 2. The van der Waals surface area contributed by atoms with Gasteiger partial charge in [-0.15, -0.1) is 0 Å². The second-order valence-corrected chi connectivity index (χ2v) is 5.58. The molecule has 0 radical (unpaired) electrons. The van der Waals surface area contributed by atoms with Crippen LogP contribution in [0.25, 0.3) is 6.08 Å². The minimum absolute atomic E-state index is 0.189. The molecule has 3 heteroatoms. The first-order valence-electron chi connectivity index (χ1n) is 7.43. The Kier molecular flexibility index (Phi) is 5.12. The highest BCUT2D eigenvalue weighted by Crippen LogP contribution is 2.17. The number of ether oxygens (including phenoxy) is 1. The minimum Gasteiger partial charge on any atom is -0.454 e. The molecule has 118 valence electrons. The lowest BCUT2D eigenvalue weighted by Crippen LogP contribution is -2.15. The van der Waals surface area contributed by atoms with Crippen molar-refractivity contribution in [2.24, 2.45) is 0 Å². The molecule has 2 aromatic rings. The molecule has 2 aromatic carbocycles. The number of carbonyl (C=O) groups excluding carboxylic acids is 2. The molecule has 0 bridgehead atoms. The second-order valence-electron chi connectivity index (χ2n) is 5.58. The normalized spacial score (nSPS) is 10.2. The van der Waals surface area contributed by atoms with E-state index < -0.39 is 5.97 Å². The van der Waals surface area contributed by atoms with Gasteiger partial charge in [0.1, 0.15) is 0 Å². The molecule has 0 saturated carbocycles. The topological polar surface area (TPSA) is 43.4 Å². The van der Waals surface area contributed by atoms with E-state index in [-0.39, 0.29) is 12.4 Å². The van der Waals surface area contributed by atoms with Crippen LogP contribution in [0.3, 0.4) is 0 Å². The summed E-state index contributed by atoms with van der Waals surface area (Å²) in [6, 6.07) is 10.7. The number of aryl methyl sites for hydroxylation is 2. The standard InChI is InChI=1S/C20H20O3/c1-5-16-6-8-17(9-7-16)20(22)23-12-19(21)18-11-13(2)10-14(3)15(18)4/h5-11H,1,12H2,2-4H3.